The smallest absolute Gasteiger partial charge is 0.229 e. The van der Waals surface area contributed by atoms with Crippen molar-refractivity contribution in [2.45, 2.75) is 13.0 Å². The summed E-state index contributed by atoms with van der Waals surface area (Å²) in [5.74, 6) is 0.867. The Morgan fingerprint density at radius 3 is 2.67 bits per heavy atom. The van der Waals surface area contributed by atoms with Crippen LogP contribution in [0, 0.1) is 6.92 Å². The zero-order valence-electron chi connectivity index (χ0n) is 23.6. The van der Waals surface area contributed by atoms with Crippen LogP contribution in [0.1, 0.15) is 17.5 Å². The van der Waals surface area contributed by atoms with Crippen molar-refractivity contribution in [1.82, 2.24) is 40.0 Å². The molecule has 12 nitrogen and oxygen atoms in total. The molecule has 216 valence electrons. The minimum atomic E-state index is -2.75. The molecule has 0 amide bonds. The zero-order chi connectivity index (χ0) is 29.4. The van der Waals surface area contributed by atoms with E-state index in [0.29, 0.717) is 51.4 Å². The molecule has 6 rings (SSSR count). The summed E-state index contributed by atoms with van der Waals surface area (Å²) in [4.78, 5) is 23.0. The molecular formula is C28H30BrN10O2P. The van der Waals surface area contributed by atoms with Gasteiger partial charge in [-0.05, 0) is 54.4 Å². The van der Waals surface area contributed by atoms with E-state index in [1.165, 1.54) is 0 Å². The van der Waals surface area contributed by atoms with Crippen molar-refractivity contribution in [3.05, 3.63) is 65.0 Å². The molecule has 0 spiro atoms. The summed E-state index contributed by atoms with van der Waals surface area (Å²) in [7, 11) is -0.860. The second kappa shape index (κ2) is 11.5. The molecule has 0 radical (unpaired) electrons. The molecule has 1 aliphatic rings. The molecule has 1 saturated heterocycles. The molecule has 42 heavy (non-hydrogen) atoms. The van der Waals surface area contributed by atoms with Gasteiger partial charge in [-0.3, -0.25) is 19.6 Å². The molecule has 1 fully saturated rings. The monoisotopic (exact) mass is 648 g/mol. The Labute approximate surface area is 251 Å². The van der Waals surface area contributed by atoms with Crippen molar-refractivity contribution in [2.24, 2.45) is 7.05 Å². The number of nitrogens with one attached hydrogen (secondary N) is 3. The number of ether oxygens (including phenoxy) is 1. The molecule has 1 aliphatic heterocycles. The number of hydrogen-bond donors (Lipinski definition) is 3. The van der Waals surface area contributed by atoms with Gasteiger partial charge in [-0.2, -0.15) is 10.1 Å². The fourth-order valence-corrected chi connectivity index (χ4v) is 6.64. The number of hydrogen-bond acceptors (Lipinski definition) is 11. The number of rotatable bonds is 7. The number of pyridine rings is 1. The third-order valence-corrected chi connectivity index (χ3v) is 9.00. The zero-order valence-corrected chi connectivity index (χ0v) is 26.1. The van der Waals surface area contributed by atoms with Gasteiger partial charge in [-0.25, -0.2) is 4.98 Å². The number of nitrogens with zero attached hydrogens (tertiary/aromatic N) is 7. The second-order valence-corrected chi connectivity index (χ2v) is 14.4. The molecule has 1 unspecified atom stereocenters. The van der Waals surface area contributed by atoms with E-state index in [0.717, 1.165) is 34.7 Å². The Bertz CT molecular complexity index is 1830. The van der Waals surface area contributed by atoms with Gasteiger partial charge in [0.05, 0.1) is 50.9 Å². The van der Waals surface area contributed by atoms with Crippen molar-refractivity contribution in [3.63, 3.8) is 0 Å². The van der Waals surface area contributed by atoms with Crippen LogP contribution in [0.2, 0.25) is 0 Å². The van der Waals surface area contributed by atoms with E-state index in [-0.39, 0.29) is 6.10 Å². The largest absolute Gasteiger partial charge is 0.369 e. The Hall–Kier alpha value is -3.77. The first-order valence-electron chi connectivity index (χ1n) is 13.4. The lowest BCUT2D eigenvalue weighted by molar-refractivity contribution is 0.0253. The molecule has 5 aromatic rings. The molecule has 1 aromatic carbocycles. The minimum absolute atomic E-state index is 0.171. The predicted molar refractivity (Wildman–Crippen MR) is 168 cm³/mol. The van der Waals surface area contributed by atoms with Crippen LogP contribution in [0.3, 0.4) is 0 Å². The van der Waals surface area contributed by atoms with Crippen molar-refractivity contribution in [3.8, 4) is 11.1 Å². The lowest BCUT2D eigenvalue weighted by atomic mass is 10.0. The van der Waals surface area contributed by atoms with Gasteiger partial charge >= 0.3 is 0 Å². The fourth-order valence-electron chi connectivity index (χ4n) is 4.96. The quantitative estimate of drug-likeness (QED) is 0.211. The molecule has 0 aliphatic carbocycles. The summed E-state index contributed by atoms with van der Waals surface area (Å²) in [6.07, 6.45) is 8.49. The van der Waals surface area contributed by atoms with Gasteiger partial charge in [-0.15, -0.1) is 0 Å². The van der Waals surface area contributed by atoms with Crippen molar-refractivity contribution in [2.75, 3.05) is 43.7 Å². The molecule has 5 heterocycles. The fraction of sp³-hybridized carbons (Fsp3) is 0.286. The highest BCUT2D eigenvalue weighted by molar-refractivity contribution is 9.10. The number of aromatic nitrogens is 7. The molecular weight excluding hydrogens is 619 g/mol. The van der Waals surface area contributed by atoms with E-state index >= 15 is 0 Å². The first-order chi connectivity index (χ1) is 20.2. The van der Waals surface area contributed by atoms with Gasteiger partial charge in [0.1, 0.15) is 24.6 Å². The highest BCUT2D eigenvalue weighted by atomic mass is 79.9. The molecule has 4 aromatic heterocycles. The van der Waals surface area contributed by atoms with Gasteiger partial charge < -0.3 is 25.3 Å². The van der Waals surface area contributed by atoms with Crippen LogP contribution in [-0.2, 0) is 16.3 Å². The summed E-state index contributed by atoms with van der Waals surface area (Å²) in [5.41, 5.74) is 6.16. The molecule has 0 bridgehead atoms. The number of fused-ring (bicyclic) bond motifs is 1. The van der Waals surface area contributed by atoms with Crippen LogP contribution in [0.4, 0.5) is 23.1 Å². The maximum absolute atomic E-state index is 13.4. The van der Waals surface area contributed by atoms with Crippen molar-refractivity contribution < 1.29 is 9.30 Å². The number of halogens is 1. The first-order valence-corrected chi connectivity index (χ1v) is 16.8. The molecule has 1 atom stereocenters. The van der Waals surface area contributed by atoms with Crippen LogP contribution >= 0.6 is 23.1 Å². The van der Waals surface area contributed by atoms with E-state index in [9.17, 15) is 4.57 Å². The standard InChI is InChI=1S/C28H30BrN10O2P/c1-16-22(11-18(17-12-34-39(2)15-17)24(35-16)23-14-30-9-10-41-23)37-28-33-13-19(29)27(38-28)36-21-6-5-20-25(32-8-7-31-20)26(21)42(3,4)40/h5-8,11-13,15,23,30H,9-10,14H2,1-4H3,(H2,33,36,37,38). The van der Waals surface area contributed by atoms with E-state index in [2.05, 4.69) is 51.9 Å². The molecule has 14 heteroatoms. The highest BCUT2D eigenvalue weighted by Crippen LogP contribution is 2.41. The maximum Gasteiger partial charge on any atom is 0.229 e. The Morgan fingerprint density at radius 2 is 1.93 bits per heavy atom. The van der Waals surface area contributed by atoms with Crippen molar-refractivity contribution in [1.29, 1.82) is 0 Å². The van der Waals surface area contributed by atoms with E-state index < -0.39 is 7.14 Å². The van der Waals surface area contributed by atoms with E-state index in [1.54, 1.807) is 36.6 Å². The number of anilines is 4. The summed E-state index contributed by atoms with van der Waals surface area (Å²) >= 11 is 3.56. The number of aryl methyl sites for hydroxylation is 2. The van der Waals surface area contributed by atoms with E-state index in [1.807, 2.05) is 44.6 Å². The average Bonchev–Trinajstić information content (AvgIpc) is 3.41. The predicted octanol–water partition coefficient (Wildman–Crippen LogP) is 4.68. The lowest BCUT2D eigenvalue weighted by Crippen LogP contribution is -2.34. The maximum atomic E-state index is 13.4. The first kappa shape index (κ1) is 28.4. The van der Waals surface area contributed by atoms with Gasteiger partial charge in [0.25, 0.3) is 0 Å². The highest BCUT2D eigenvalue weighted by Gasteiger charge is 2.25. The number of morpholine rings is 1. The van der Waals surface area contributed by atoms with Gasteiger partial charge in [-0.1, -0.05) is 0 Å². The molecule has 3 N–H and O–H groups in total. The third kappa shape index (κ3) is 5.78. The van der Waals surface area contributed by atoms with Crippen molar-refractivity contribution >= 4 is 62.6 Å². The van der Waals surface area contributed by atoms with Crippen LogP contribution in [0.15, 0.2) is 53.7 Å². The summed E-state index contributed by atoms with van der Waals surface area (Å²) in [6, 6.07) is 5.73. The Kier molecular flexibility index (Phi) is 7.75. The average molecular weight is 649 g/mol. The number of benzene rings is 1. The third-order valence-electron chi connectivity index (χ3n) is 6.89. The van der Waals surface area contributed by atoms with Gasteiger partial charge in [0.15, 0.2) is 0 Å². The van der Waals surface area contributed by atoms with Gasteiger partial charge in [0.2, 0.25) is 5.95 Å². The summed E-state index contributed by atoms with van der Waals surface area (Å²) < 4.78 is 21.8. The second-order valence-electron chi connectivity index (χ2n) is 10.4. The van der Waals surface area contributed by atoms with Crippen LogP contribution in [0.5, 0.6) is 0 Å². The Morgan fingerprint density at radius 1 is 1.10 bits per heavy atom. The van der Waals surface area contributed by atoms with Crippen LogP contribution in [0.25, 0.3) is 22.2 Å². The van der Waals surface area contributed by atoms with Gasteiger partial charge in [0, 0.05) is 56.1 Å². The topological polar surface area (TPSA) is 145 Å². The SMILES string of the molecule is Cc1nc(C2CNCCO2)c(-c2cnn(C)c2)cc1Nc1ncc(Br)c(Nc2ccc3nccnc3c2P(C)(C)=O)n1. The van der Waals surface area contributed by atoms with Crippen LogP contribution in [-0.4, -0.2) is 67.7 Å². The van der Waals surface area contributed by atoms with Crippen LogP contribution < -0.4 is 21.3 Å². The minimum Gasteiger partial charge on any atom is -0.369 e. The normalized spacial score (nSPS) is 15.6. The summed E-state index contributed by atoms with van der Waals surface area (Å²) in [6.45, 7) is 7.50. The Balaban J connectivity index is 1.36. The lowest BCUT2D eigenvalue weighted by Gasteiger charge is -2.26. The summed E-state index contributed by atoms with van der Waals surface area (Å²) in [5, 5.41) is 15.1. The van der Waals surface area contributed by atoms with E-state index in [4.69, 9.17) is 14.7 Å². The molecule has 0 saturated carbocycles.